The molecule has 130 valence electrons. The van der Waals surface area contributed by atoms with Crippen LogP contribution in [0.1, 0.15) is 18.5 Å². The Morgan fingerprint density at radius 2 is 2.08 bits per heavy atom. The fourth-order valence-electron chi connectivity index (χ4n) is 2.39. The second-order valence-corrected chi connectivity index (χ2v) is 5.62. The summed E-state index contributed by atoms with van der Waals surface area (Å²) in [5, 5.41) is 7.90. The number of hydrazone groups is 1. The Hall–Kier alpha value is -3.03. The summed E-state index contributed by atoms with van der Waals surface area (Å²) in [6, 6.07) is 5.86. The van der Waals surface area contributed by atoms with E-state index in [0.29, 0.717) is 42.2 Å². The summed E-state index contributed by atoms with van der Waals surface area (Å²) in [7, 11) is 1.53. The van der Waals surface area contributed by atoms with Gasteiger partial charge in [0.05, 0.1) is 5.69 Å². The van der Waals surface area contributed by atoms with Crippen molar-refractivity contribution >= 4 is 17.5 Å². The summed E-state index contributed by atoms with van der Waals surface area (Å²) in [5.41, 5.74) is 1.70. The van der Waals surface area contributed by atoms with Gasteiger partial charge in [0.15, 0.2) is 0 Å². The van der Waals surface area contributed by atoms with Gasteiger partial charge in [-0.05, 0) is 24.3 Å². The molecule has 0 bridgehead atoms. The van der Waals surface area contributed by atoms with Crippen LogP contribution in [0.2, 0.25) is 0 Å². The fraction of sp³-hybridized carbons (Fsp3) is 0.294. The minimum Gasteiger partial charge on any atom is -0.444 e. The summed E-state index contributed by atoms with van der Waals surface area (Å²) in [5.74, 6) is -0.316. The molecule has 0 spiro atoms. The van der Waals surface area contributed by atoms with Crippen LogP contribution >= 0.6 is 0 Å². The number of amides is 2. The molecule has 0 saturated heterocycles. The van der Waals surface area contributed by atoms with Crippen molar-refractivity contribution in [3.05, 3.63) is 42.0 Å². The molecular weight excluding hydrogens is 327 g/mol. The van der Waals surface area contributed by atoms with Crippen LogP contribution in [0.15, 0.2) is 40.0 Å². The monoisotopic (exact) mass is 344 g/mol. The Balaban J connectivity index is 1.53. The maximum atomic E-state index is 12.9. The van der Waals surface area contributed by atoms with E-state index < -0.39 is 0 Å². The van der Waals surface area contributed by atoms with Gasteiger partial charge in [-0.1, -0.05) is 0 Å². The molecule has 8 heteroatoms. The second-order valence-electron chi connectivity index (χ2n) is 5.62. The van der Waals surface area contributed by atoms with Crippen molar-refractivity contribution in [2.24, 2.45) is 5.10 Å². The van der Waals surface area contributed by atoms with E-state index in [0.717, 1.165) is 0 Å². The number of benzene rings is 1. The molecule has 0 unspecified atom stereocenters. The molecule has 0 radical (unpaired) electrons. The summed E-state index contributed by atoms with van der Waals surface area (Å²) >= 11 is 0. The highest BCUT2D eigenvalue weighted by Gasteiger charge is 2.21. The van der Waals surface area contributed by atoms with Gasteiger partial charge < -0.3 is 9.73 Å². The van der Waals surface area contributed by atoms with Crippen LogP contribution in [0, 0.1) is 5.82 Å². The third kappa shape index (κ3) is 4.09. The first-order chi connectivity index (χ1) is 12.0. The zero-order valence-electron chi connectivity index (χ0n) is 13.7. The quantitative estimate of drug-likeness (QED) is 0.895. The van der Waals surface area contributed by atoms with E-state index in [2.05, 4.69) is 15.4 Å². The maximum Gasteiger partial charge on any atom is 0.267 e. The molecule has 3 rings (SSSR count). The van der Waals surface area contributed by atoms with Crippen LogP contribution in [0.25, 0.3) is 11.5 Å². The standard InChI is InChI=1S/C17H17FN4O3/c1-22-15(23)7-6-14(21-22)16(24)19-9-8-13-10-25-17(20-13)11-2-4-12(18)5-3-11/h2-5,10H,6-9H2,1H3,(H,19,24). The van der Waals surface area contributed by atoms with Crippen LogP contribution in [0.4, 0.5) is 4.39 Å². The molecule has 7 nitrogen and oxygen atoms in total. The predicted molar refractivity (Wildman–Crippen MR) is 88.0 cm³/mol. The van der Waals surface area contributed by atoms with Crippen molar-refractivity contribution in [3.63, 3.8) is 0 Å². The molecule has 0 saturated carbocycles. The summed E-state index contributed by atoms with van der Waals surface area (Å²) in [4.78, 5) is 27.7. The molecule has 1 aromatic heterocycles. The molecule has 1 N–H and O–H groups in total. The van der Waals surface area contributed by atoms with Crippen molar-refractivity contribution in [3.8, 4) is 11.5 Å². The van der Waals surface area contributed by atoms with Gasteiger partial charge in [0, 0.05) is 38.4 Å². The number of carbonyl (C=O) groups is 2. The Bertz CT molecular complexity index is 814. The van der Waals surface area contributed by atoms with Gasteiger partial charge in [-0.15, -0.1) is 0 Å². The zero-order chi connectivity index (χ0) is 17.8. The molecule has 2 heterocycles. The number of hydrogen-bond donors (Lipinski definition) is 1. The van der Waals surface area contributed by atoms with Gasteiger partial charge in [-0.2, -0.15) is 5.10 Å². The minimum atomic E-state index is -0.323. The van der Waals surface area contributed by atoms with Gasteiger partial charge in [-0.25, -0.2) is 14.4 Å². The van der Waals surface area contributed by atoms with E-state index in [4.69, 9.17) is 4.42 Å². The lowest BCUT2D eigenvalue weighted by Crippen LogP contribution is -2.38. The molecule has 0 atom stereocenters. The first kappa shape index (κ1) is 16.8. The molecule has 25 heavy (non-hydrogen) atoms. The summed E-state index contributed by atoms with van der Waals surface area (Å²) in [6.45, 7) is 0.366. The van der Waals surface area contributed by atoms with Crippen molar-refractivity contribution < 1.29 is 18.4 Å². The van der Waals surface area contributed by atoms with Gasteiger partial charge in [0.1, 0.15) is 17.8 Å². The molecular formula is C17H17FN4O3. The first-order valence-corrected chi connectivity index (χ1v) is 7.85. The Morgan fingerprint density at radius 3 is 2.80 bits per heavy atom. The lowest BCUT2D eigenvalue weighted by molar-refractivity contribution is -0.130. The number of aromatic nitrogens is 1. The second kappa shape index (κ2) is 7.25. The number of rotatable bonds is 5. The molecule has 0 fully saturated rings. The number of hydrogen-bond acceptors (Lipinski definition) is 5. The lowest BCUT2D eigenvalue weighted by Gasteiger charge is -2.18. The third-order valence-electron chi connectivity index (χ3n) is 3.78. The maximum absolute atomic E-state index is 12.9. The molecule has 2 aromatic rings. The smallest absolute Gasteiger partial charge is 0.267 e. The Morgan fingerprint density at radius 1 is 1.32 bits per heavy atom. The van der Waals surface area contributed by atoms with Gasteiger partial charge in [-0.3, -0.25) is 9.59 Å². The highest BCUT2D eigenvalue weighted by molar-refractivity contribution is 6.39. The Kier molecular flexibility index (Phi) is 4.87. The van der Waals surface area contributed by atoms with E-state index in [1.807, 2.05) is 0 Å². The van der Waals surface area contributed by atoms with Crippen LogP contribution in [-0.4, -0.2) is 41.1 Å². The largest absolute Gasteiger partial charge is 0.444 e. The van der Waals surface area contributed by atoms with E-state index in [1.54, 1.807) is 12.1 Å². The van der Waals surface area contributed by atoms with Gasteiger partial charge in [0.2, 0.25) is 11.8 Å². The van der Waals surface area contributed by atoms with Crippen molar-refractivity contribution in [1.29, 1.82) is 0 Å². The van der Waals surface area contributed by atoms with E-state index in [9.17, 15) is 14.0 Å². The molecule has 1 aliphatic heterocycles. The van der Waals surface area contributed by atoms with Gasteiger partial charge >= 0.3 is 0 Å². The normalized spacial score (nSPS) is 14.4. The van der Waals surface area contributed by atoms with Crippen molar-refractivity contribution in [1.82, 2.24) is 15.3 Å². The lowest BCUT2D eigenvalue weighted by atomic mass is 10.1. The highest BCUT2D eigenvalue weighted by Crippen LogP contribution is 2.19. The number of oxazole rings is 1. The molecule has 1 aliphatic rings. The van der Waals surface area contributed by atoms with Crippen LogP contribution in [0.5, 0.6) is 0 Å². The average molecular weight is 344 g/mol. The van der Waals surface area contributed by atoms with Crippen molar-refractivity contribution in [2.75, 3.05) is 13.6 Å². The number of nitrogens with one attached hydrogen (secondary N) is 1. The predicted octanol–water partition coefficient (Wildman–Crippen LogP) is 1.75. The third-order valence-corrected chi connectivity index (χ3v) is 3.78. The SMILES string of the molecule is CN1N=C(C(=O)NCCc2coc(-c3ccc(F)cc3)n2)CCC1=O. The Labute approximate surface area is 143 Å². The van der Waals surface area contributed by atoms with E-state index in [1.165, 1.54) is 30.5 Å². The summed E-state index contributed by atoms with van der Waals surface area (Å²) in [6.07, 6.45) is 2.62. The van der Waals surface area contributed by atoms with Crippen LogP contribution in [0.3, 0.4) is 0 Å². The number of carbonyl (C=O) groups excluding carboxylic acids is 2. The fourth-order valence-corrected chi connectivity index (χ4v) is 2.39. The average Bonchev–Trinajstić information content (AvgIpc) is 3.06. The van der Waals surface area contributed by atoms with Crippen LogP contribution < -0.4 is 5.32 Å². The van der Waals surface area contributed by atoms with Crippen LogP contribution in [-0.2, 0) is 16.0 Å². The molecule has 1 aromatic carbocycles. The molecule has 2 amide bonds. The zero-order valence-corrected chi connectivity index (χ0v) is 13.7. The highest BCUT2D eigenvalue weighted by atomic mass is 19.1. The van der Waals surface area contributed by atoms with E-state index >= 15 is 0 Å². The van der Waals surface area contributed by atoms with Crippen molar-refractivity contribution in [2.45, 2.75) is 19.3 Å². The molecule has 0 aliphatic carbocycles. The first-order valence-electron chi connectivity index (χ1n) is 7.85. The number of nitrogens with zero attached hydrogens (tertiary/aromatic N) is 3. The summed E-state index contributed by atoms with van der Waals surface area (Å²) < 4.78 is 18.3. The minimum absolute atomic E-state index is 0.104. The number of halogens is 1. The topological polar surface area (TPSA) is 87.8 Å². The van der Waals surface area contributed by atoms with E-state index in [-0.39, 0.29) is 24.1 Å². The van der Waals surface area contributed by atoms with Gasteiger partial charge in [0.25, 0.3) is 5.91 Å².